The summed E-state index contributed by atoms with van der Waals surface area (Å²) in [4.78, 5) is 12.5. The predicted octanol–water partition coefficient (Wildman–Crippen LogP) is 4.01. The van der Waals surface area contributed by atoms with Crippen molar-refractivity contribution >= 4 is 5.78 Å². The zero-order chi connectivity index (χ0) is 17.5. The van der Waals surface area contributed by atoms with E-state index in [9.17, 15) is 18.0 Å². The number of rotatable bonds is 5. The van der Waals surface area contributed by atoms with Crippen molar-refractivity contribution in [3.63, 3.8) is 0 Å². The lowest BCUT2D eigenvalue weighted by atomic mass is 9.81. The van der Waals surface area contributed by atoms with Gasteiger partial charge >= 0.3 is 6.18 Å². The van der Waals surface area contributed by atoms with Crippen molar-refractivity contribution in [3.05, 3.63) is 41.0 Å². The van der Waals surface area contributed by atoms with Crippen LogP contribution in [0.1, 0.15) is 52.5 Å². The highest BCUT2D eigenvalue weighted by Crippen LogP contribution is 2.35. The van der Waals surface area contributed by atoms with Gasteiger partial charge in [0.25, 0.3) is 0 Å². The highest BCUT2D eigenvalue weighted by Gasteiger charge is 2.30. The molecule has 0 aliphatic heterocycles. The number of carbonyl (C=O) groups is 1. The monoisotopic (exact) mass is 339 g/mol. The van der Waals surface area contributed by atoms with Crippen LogP contribution in [0, 0.1) is 13.8 Å². The minimum Gasteiger partial charge on any atom is -0.339 e. The molecule has 2 heterocycles. The van der Waals surface area contributed by atoms with Gasteiger partial charge in [-0.1, -0.05) is 6.42 Å². The van der Waals surface area contributed by atoms with Crippen LogP contribution in [0.5, 0.6) is 0 Å². The van der Waals surface area contributed by atoms with E-state index in [0.717, 1.165) is 23.0 Å². The SMILES string of the molecule is Cc1cc(C(=O)Cn2cc(C3CCC3)cn2)c(C)n1CC(F)(F)F. The molecule has 0 N–H and O–H groups in total. The Labute approximate surface area is 138 Å². The van der Waals surface area contributed by atoms with Gasteiger partial charge in [0, 0.05) is 23.1 Å². The number of alkyl halides is 3. The number of aryl methyl sites for hydroxylation is 1. The second kappa shape index (κ2) is 6.11. The normalized spacial score (nSPS) is 15.5. The molecule has 130 valence electrons. The lowest BCUT2D eigenvalue weighted by Gasteiger charge is -2.23. The summed E-state index contributed by atoms with van der Waals surface area (Å²) in [7, 11) is 0. The maximum absolute atomic E-state index is 12.7. The van der Waals surface area contributed by atoms with Crippen LogP contribution in [0.3, 0.4) is 0 Å². The van der Waals surface area contributed by atoms with Crippen LogP contribution in [0.15, 0.2) is 18.5 Å². The maximum Gasteiger partial charge on any atom is 0.406 e. The van der Waals surface area contributed by atoms with Gasteiger partial charge in [0.05, 0.1) is 6.20 Å². The third-order valence-electron chi connectivity index (χ3n) is 4.75. The molecular weight excluding hydrogens is 319 g/mol. The van der Waals surface area contributed by atoms with Crippen LogP contribution in [-0.2, 0) is 13.1 Å². The molecule has 1 saturated carbocycles. The van der Waals surface area contributed by atoms with Gasteiger partial charge in [0.2, 0.25) is 0 Å². The number of hydrogen-bond acceptors (Lipinski definition) is 2. The summed E-state index contributed by atoms with van der Waals surface area (Å²) in [6, 6.07) is 1.53. The van der Waals surface area contributed by atoms with Crippen molar-refractivity contribution in [1.29, 1.82) is 0 Å². The first-order chi connectivity index (χ1) is 11.2. The average Bonchev–Trinajstić information content (AvgIpc) is 2.95. The van der Waals surface area contributed by atoms with Crippen molar-refractivity contribution in [2.75, 3.05) is 0 Å². The predicted molar refractivity (Wildman–Crippen MR) is 83.1 cm³/mol. The topological polar surface area (TPSA) is 39.8 Å². The maximum atomic E-state index is 12.7. The summed E-state index contributed by atoms with van der Waals surface area (Å²) in [6.07, 6.45) is 2.87. The van der Waals surface area contributed by atoms with Crippen molar-refractivity contribution in [2.45, 2.75) is 58.3 Å². The molecule has 0 spiro atoms. The van der Waals surface area contributed by atoms with Crippen LogP contribution in [-0.4, -0.2) is 26.3 Å². The molecular formula is C17H20F3N3O. The fourth-order valence-electron chi connectivity index (χ4n) is 3.16. The van der Waals surface area contributed by atoms with Crippen molar-refractivity contribution in [2.24, 2.45) is 0 Å². The molecule has 1 aliphatic carbocycles. The Bertz CT molecular complexity index is 754. The van der Waals surface area contributed by atoms with Crippen molar-refractivity contribution in [3.8, 4) is 0 Å². The molecule has 1 fully saturated rings. The second-order valence-electron chi connectivity index (χ2n) is 6.51. The lowest BCUT2D eigenvalue weighted by Crippen LogP contribution is -2.20. The highest BCUT2D eigenvalue weighted by molar-refractivity contribution is 5.97. The molecule has 1 aliphatic rings. The van der Waals surface area contributed by atoms with Gasteiger partial charge in [-0.3, -0.25) is 9.48 Å². The van der Waals surface area contributed by atoms with Gasteiger partial charge in [-0.15, -0.1) is 0 Å². The average molecular weight is 339 g/mol. The third-order valence-corrected chi connectivity index (χ3v) is 4.75. The fraction of sp³-hybridized carbons (Fsp3) is 0.529. The number of hydrogen-bond donors (Lipinski definition) is 0. The Morgan fingerprint density at radius 2 is 2.04 bits per heavy atom. The van der Waals surface area contributed by atoms with Crippen LogP contribution in [0.2, 0.25) is 0 Å². The molecule has 2 aromatic heterocycles. The number of aromatic nitrogens is 3. The van der Waals surface area contributed by atoms with E-state index >= 15 is 0 Å². The van der Waals surface area contributed by atoms with Gasteiger partial charge in [0.15, 0.2) is 5.78 Å². The smallest absolute Gasteiger partial charge is 0.339 e. The standard InChI is InChI=1S/C17H20F3N3O/c1-11-6-15(12(2)23(11)10-17(18,19)20)16(24)9-22-8-14(7-21-22)13-4-3-5-13/h6-8,13H,3-5,9-10H2,1-2H3. The van der Waals surface area contributed by atoms with E-state index in [-0.39, 0.29) is 12.3 Å². The van der Waals surface area contributed by atoms with E-state index < -0.39 is 12.7 Å². The molecule has 0 bridgehead atoms. The molecule has 3 rings (SSSR count). The minimum atomic E-state index is -4.31. The van der Waals surface area contributed by atoms with Crippen molar-refractivity contribution < 1.29 is 18.0 Å². The van der Waals surface area contributed by atoms with Crippen LogP contribution >= 0.6 is 0 Å². The van der Waals surface area contributed by atoms with Gasteiger partial charge in [-0.05, 0) is 44.2 Å². The quantitative estimate of drug-likeness (QED) is 0.772. The number of Topliss-reactive ketones (excluding diaryl/α,β-unsaturated/α-hetero) is 1. The zero-order valence-electron chi connectivity index (χ0n) is 13.7. The molecule has 2 aromatic rings. The second-order valence-corrected chi connectivity index (χ2v) is 6.51. The van der Waals surface area contributed by atoms with E-state index in [1.54, 1.807) is 24.7 Å². The number of ketones is 1. The van der Waals surface area contributed by atoms with Crippen molar-refractivity contribution in [1.82, 2.24) is 14.3 Å². The van der Waals surface area contributed by atoms with Gasteiger partial charge in [0.1, 0.15) is 13.1 Å². The summed E-state index contributed by atoms with van der Waals surface area (Å²) >= 11 is 0. The Morgan fingerprint density at radius 3 is 2.62 bits per heavy atom. The zero-order valence-corrected chi connectivity index (χ0v) is 13.7. The van der Waals surface area contributed by atoms with Gasteiger partial charge in [-0.2, -0.15) is 18.3 Å². The molecule has 4 nitrogen and oxygen atoms in total. The molecule has 0 aromatic carbocycles. The Balaban J connectivity index is 1.75. The number of carbonyl (C=O) groups excluding carboxylic acids is 1. The Morgan fingerprint density at radius 1 is 1.33 bits per heavy atom. The fourth-order valence-corrected chi connectivity index (χ4v) is 3.16. The number of nitrogens with zero attached hydrogens (tertiary/aromatic N) is 3. The molecule has 0 amide bonds. The van der Waals surface area contributed by atoms with E-state index in [2.05, 4.69) is 5.10 Å². The summed E-state index contributed by atoms with van der Waals surface area (Å²) in [6.45, 7) is 2.10. The first-order valence-corrected chi connectivity index (χ1v) is 8.03. The molecule has 7 heteroatoms. The van der Waals surface area contributed by atoms with Crippen LogP contribution in [0.4, 0.5) is 13.2 Å². The minimum absolute atomic E-state index is 0.0447. The molecule has 0 atom stereocenters. The van der Waals surface area contributed by atoms with E-state index in [4.69, 9.17) is 0 Å². The number of halogens is 3. The van der Waals surface area contributed by atoms with E-state index in [1.807, 2.05) is 6.20 Å². The molecule has 0 unspecified atom stereocenters. The summed E-state index contributed by atoms with van der Waals surface area (Å²) in [5.74, 6) is 0.311. The molecule has 24 heavy (non-hydrogen) atoms. The first kappa shape index (κ1) is 16.8. The highest BCUT2D eigenvalue weighted by atomic mass is 19.4. The van der Waals surface area contributed by atoms with Gasteiger partial charge < -0.3 is 4.57 Å². The summed E-state index contributed by atoms with van der Waals surface area (Å²) in [5, 5.41) is 4.21. The molecule has 0 radical (unpaired) electrons. The van der Waals surface area contributed by atoms with Crippen LogP contribution < -0.4 is 0 Å². The van der Waals surface area contributed by atoms with Crippen LogP contribution in [0.25, 0.3) is 0 Å². The third kappa shape index (κ3) is 3.39. The molecule has 0 saturated heterocycles. The first-order valence-electron chi connectivity index (χ1n) is 8.03. The van der Waals surface area contributed by atoms with E-state index in [1.165, 1.54) is 12.5 Å². The summed E-state index contributed by atoms with van der Waals surface area (Å²) < 4.78 is 40.7. The Kier molecular flexibility index (Phi) is 4.27. The lowest BCUT2D eigenvalue weighted by molar-refractivity contribution is -0.141. The van der Waals surface area contributed by atoms with E-state index in [0.29, 0.717) is 22.9 Å². The summed E-state index contributed by atoms with van der Waals surface area (Å²) in [5.41, 5.74) is 2.25. The Hall–Kier alpha value is -2.05. The van der Waals surface area contributed by atoms with Gasteiger partial charge in [-0.25, -0.2) is 0 Å². The largest absolute Gasteiger partial charge is 0.406 e.